The van der Waals surface area contributed by atoms with E-state index >= 15 is 0 Å². The van der Waals surface area contributed by atoms with Crippen LogP contribution in [0.1, 0.15) is 22.7 Å². The van der Waals surface area contributed by atoms with E-state index in [-0.39, 0.29) is 5.69 Å². The Kier molecular flexibility index (Phi) is 4.03. The molecule has 4 heteroatoms. The largest absolute Gasteiger partial charge is 0.368 e. The van der Waals surface area contributed by atoms with Gasteiger partial charge >= 0.3 is 0 Å². The van der Waals surface area contributed by atoms with E-state index in [1.54, 1.807) is 18.2 Å². The van der Waals surface area contributed by atoms with Crippen LogP contribution in [0, 0.1) is 19.7 Å². The van der Waals surface area contributed by atoms with Gasteiger partial charge in [-0.3, -0.25) is 4.79 Å². The van der Waals surface area contributed by atoms with Crippen molar-refractivity contribution in [3.05, 3.63) is 65.0 Å². The van der Waals surface area contributed by atoms with Crippen LogP contribution in [0.3, 0.4) is 0 Å². The molecule has 2 rings (SSSR count). The summed E-state index contributed by atoms with van der Waals surface area (Å²) in [6.45, 7) is 3.88. The zero-order chi connectivity index (χ0) is 14.7. The Bertz CT molecular complexity index is 620. The Morgan fingerprint density at radius 3 is 2.30 bits per heavy atom. The number of hydrogen-bond acceptors (Lipinski definition) is 2. The quantitative estimate of drug-likeness (QED) is 0.898. The van der Waals surface area contributed by atoms with Gasteiger partial charge in [-0.25, -0.2) is 4.39 Å². The van der Waals surface area contributed by atoms with Crippen LogP contribution in [0.2, 0.25) is 0 Å². The van der Waals surface area contributed by atoms with Crippen LogP contribution in [0.5, 0.6) is 0 Å². The van der Waals surface area contributed by atoms with Gasteiger partial charge in [0.2, 0.25) is 5.91 Å². The fourth-order valence-electron chi connectivity index (χ4n) is 2.23. The second-order valence-corrected chi connectivity index (χ2v) is 4.88. The lowest BCUT2D eigenvalue weighted by Crippen LogP contribution is -2.28. The van der Waals surface area contributed by atoms with Gasteiger partial charge in [-0.1, -0.05) is 41.5 Å². The minimum atomic E-state index is -0.759. The zero-order valence-electron chi connectivity index (χ0n) is 11.5. The van der Waals surface area contributed by atoms with Crippen molar-refractivity contribution in [2.24, 2.45) is 5.73 Å². The third-order valence-corrected chi connectivity index (χ3v) is 3.04. The lowest BCUT2D eigenvalue weighted by Gasteiger charge is -2.18. The van der Waals surface area contributed by atoms with Gasteiger partial charge in [0.05, 0.1) is 5.69 Å². The molecule has 0 aliphatic rings. The first-order chi connectivity index (χ1) is 9.47. The van der Waals surface area contributed by atoms with Crippen molar-refractivity contribution >= 4 is 11.6 Å². The molecular formula is C16H17FN2O. The van der Waals surface area contributed by atoms with Crippen LogP contribution >= 0.6 is 0 Å². The summed E-state index contributed by atoms with van der Waals surface area (Å²) in [6.07, 6.45) is 0. The van der Waals surface area contributed by atoms with Gasteiger partial charge in [-0.2, -0.15) is 0 Å². The molecule has 0 spiro atoms. The normalized spacial score (nSPS) is 11.9. The number of hydrogen-bond donors (Lipinski definition) is 2. The van der Waals surface area contributed by atoms with E-state index in [0.29, 0.717) is 0 Å². The Morgan fingerprint density at radius 2 is 1.75 bits per heavy atom. The highest BCUT2D eigenvalue weighted by molar-refractivity contribution is 5.84. The van der Waals surface area contributed by atoms with Gasteiger partial charge < -0.3 is 11.1 Å². The van der Waals surface area contributed by atoms with E-state index in [2.05, 4.69) is 5.32 Å². The van der Waals surface area contributed by atoms with Crippen molar-refractivity contribution < 1.29 is 9.18 Å². The molecule has 3 nitrogen and oxygen atoms in total. The molecule has 2 aromatic carbocycles. The van der Waals surface area contributed by atoms with Crippen molar-refractivity contribution in [1.29, 1.82) is 0 Å². The van der Waals surface area contributed by atoms with Crippen molar-refractivity contribution in [2.45, 2.75) is 19.9 Å². The molecule has 104 valence electrons. The third-order valence-electron chi connectivity index (χ3n) is 3.04. The maximum atomic E-state index is 13.7. The SMILES string of the molecule is Cc1cc(C)cc(C(Nc2ccccc2F)C(N)=O)c1. The number of para-hydroxylation sites is 1. The number of benzene rings is 2. The first kappa shape index (κ1) is 14.1. The third kappa shape index (κ3) is 3.15. The van der Waals surface area contributed by atoms with Crippen LogP contribution in [0.25, 0.3) is 0 Å². The van der Waals surface area contributed by atoms with Crippen molar-refractivity contribution in [3.63, 3.8) is 0 Å². The van der Waals surface area contributed by atoms with E-state index in [0.717, 1.165) is 16.7 Å². The molecule has 20 heavy (non-hydrogen) atoms. The molecule has 2 aromatic rings. The van der Waals surface area contributed by atoms with Gasteiger partial charge in [0, 0.05) is 0 Å². The number of carbonyl (C=O) groups excluding carboxylic acids is 1. The summed E-state index contributed by atoms with van der Waals surface area (Å²) < 4.78 is 13.7. The first-order valence-electron chi connectivity index (χ1n) is 6.36. The maximum absolute atomic E-state index is 13.7. The van der Waals surface area contributed by atoms with E-state index in [1.807, 2.05) is 32.0 Å². The number of primary amides is 1. The molecule has 0 fully saturated rings. The average Bonchev–Trinajstić information content (AvgIpc) is 2.36. The number of nitrogens with one attached hydrogen (secondary N) is 1. The topological polar surface area (TPSA) is 55.1 Å². The summed E-state index contributed by atoms with van der Waals surface area (Å²) in [7, 11) is 0. The molecule has 3 N–H and O–H groups in total. The lowest BCUT2D eigenvalue weighted by molar-refractivity contribution is -0.118. The first-order valence-corrected chi connectivity index (χ1v) is 6.36. The Balaban J connectivity index is 2.37. The minimum Gasteiger partial charge on any atom is -0.368 e. The molecule has 0 aliphatic heterocycles. The van der Waals surface area contributed by atoms with E-state index in [4.69, 9.17) is 5.73 Å². The van der Waals surface area contributed by atoms with Gasteiger partial charge in [-0.05, 0) is 31.5 Å². The molecule has 1 unspecified atom stereocenters. The predicted molar refractivity (Wildman–Crippen MR) is 77.9 cm³/mol. The molecule has 0 saturated heterocycles. The molecule has 0 heterocycles. The number of halogens is 1. The van der Waals surface area contributed by atoms with Crippen LogP contribution in [-0.2, 0) is 4.79 Å². The summed E-state index contributed by atoms with van der Waals surface area (Å²) in [5, 5.41) is 2.87. The summed E-state index contributed by atoms with van der Waals surface area (Å²) >= 11 is 0. The standard InChI is InChI=1S/C16H17FN2O/c1-10-7-11(2)9-12(8-10)15(16(18)20)19-14-6-4-3-5-13(14)17/h3-9,15,19H,1-2H3,(H2,18,20). The number of rotatable bonds is 4. The number of anilines is 1. The Labute approximate surface area is 117 Å². The highest BCUT2D eigenvalue weighted by atomic mass is 19.1. The molecule has 0 radical (unpaired) electrons. The molecule has 0 aliphatic carbocycles. The Hall–Kier alpha value is -2.36. The molecule has 1 atom stereocenters. The smallest absolute Gasteiger partial charge is 0.244 e. The van der Waals surface area contributed by atoms with Crippen molar-refractivity contribution in [1.82, 2.24) is 0 Å². The summed E-state index contributed by atoms with van der Waals surface area (Å²) in [5.41, 5.74) is 8.50. The van der Waals surface area contributed by atoms with E-state index in [9.17, 15) is 9.18 Å². The van der Waals surface area contributed by atoms with Crippen LogP contribution in [0.4, 0.5) is 10.1 Å². The average molecular weight is 272 g/mol. The lowest BCUT2D eigenvalue weighted by atomic mass is 10.0. The van der Waals surface area contributed by atoms with Gasteiger partial charge in [0.1, 0.15) is 11.9 Å². The second kappa shape index (κ2) is 5.74. The van der Waals surface area contributed by atoms with E-state index in [1.165, 1.54) is 6.07 Å². The summed E-state index contributed by atoms with van der Waals surface area (Å²) in [5.74, 6) is -0.957. The van der Waals surface area contributed by atoms with E-state index < -0.39 is 17.8 Å². The fourth-order valence-corrected chi connectivity index (χ4v) is 2.23. The maximum Gasteiger partial charge on any atom is 0.244 e. The highest BCUT2D eigenvalue weighted by Crippen LogP contribution is 2.23. The molecule has 0 aromatic heterocycles. The van der Waals surface area contributed by atoms with Crippen LogP contribution < -0.4 is 11.1 Å². The van der Waals surface area contributed by atoms with Gasteiger partial charge in [-0.15, -0.1) is 0 Å². The summed E-state index contributed by atoms with van der Waals surface area (Å²) in [6, 6.07) is 11.2. The second-order valence-electron chi connectivity index (χ2n) is 4.88. The molecule has 1 amide bonds. The van der Waals surface area contributed by atoms with Gasteiger partial charge in [0.15, 0.2) is 0 Å². The van der Waals surface area contributed by atoms with Crippen molar-refractivity contribution in [3.8, 4) is 0 Å². The minimum absolute atomic E-state index is 0.260. The summed E-state index contributed by atoms with van der Waals surface area (Å²) in [4.78, 5) is 11.7. The monoisotopic (exact) mass is 272 g/mol. The predicted octanol–water partition coefficient (Wildman–Crippen LogP) is 3.08. The number of nitrogens with two attached hydrogens (primary N) is 1. The van der Waals surface area contributed by atoms with Crippen LogP contribution in [0.15, 0.2) is 42.5 Å². The molecular weight excluding hydrogens is 255 g/mol. The number of carbonyl (C=O) groups is 1. The highest BCUT2D eigenvalue weighted by Gasteiger charge is 2.19. The Morgan fingerprint density at radius 1 is 1.15 bits per heavy atom. The van der Waals surface area contributed by atoms with Crippen molar-refractivity contribution in [2.75, 3.05) is 5.32 Å². The number of amides is 1. The fraction of sp³-hybridized carbons (Fsp3) is 0.188. The van der Waals surface area contributed by atoms with Crippen LogP contribution in [-0.4, -0.2) is 5.91 Å². The molecule has 0 saturated carbocycles. The molecule has 0 bridgehead atoms. The number of aryl methyl sites for hydroxylation is 2. The zero-order valence-corrected chi connectivity index (χ0v) is 11.5. The van der Waals surface area contributed by atoms with Gasteiger partial charge in [0.25, 0.3) is 0 Å².